The molecule has 1 atom stereocenters. The third-order valence-corrected chi connectivity index (χ3v) is 6.64. The first-order chi connectivity index (χ1) is 18.5. The van der Waals surface area contributed by atoms with E-state index in [1.54, 1.807) is 38.4 Å². The van der Waals surface area contributed by atoms with Crippen LogP contribution in [0.4, 0.5) is 0 Å². The number of carbonyl (C=O) groups is 1. The molecule has 0 aliphatic carbocycles. The first-order valence-electron chi connectivity index (χ1n) is 12.1. The normalized spacial score (nSPS) is 14.3. The van der Waals surface area contributed by atoms with Crippen LogP contribution in [0, 0.1) is 0 Å². The van der Waals surface area contributed by atoms with Gasteiger partial charge in [0.25, 0.3) is 5.91 Å². The van der Waals surface area contributed by atoms with Crippen molar-refractivity contribution in [3.05, 3.63) is 65.2 Å². The lowest BCUT2D eigenvalue weighted by Crippen LogP contribution is -2.42. The molecular formula is C29H33NO8. The molecule has 3 aromatic carbocycles. The lowest BCUT2D eigenvalue weighted by Gasteiger charge is -2.37. The van der Waals surface area contributed by atoms with Gasteiger partial charge in [-0.05, 0) is 66.1 Å². The summed E-state index contributed by atoms with van der Waals surface area (Å²) in [6.07, 6.45) is 0.644. The monoisotopic (exact) mass is 523 g/mol. The molecule has 4 rings (SSSR count). The molecule has 1 amide bonds. The molecule has 0 saturated heterocycles. The van der Waals surface area contributed by atoms with Crippen molar-refractivity contribution in [1.82, 2.24) is 4.90 Å². The molecule has 0 aromatic heterocycles. The standard InChI is InChI=1S/C29H33NO8/c1-32-20-7-9-21(10-8-20)38-17-23-22-16-25(34-3)24(33-2)13-18(22)11-12-30(23)29(31)19-14-26(35-4)28(37-6)27(15-19)36-5/h7-10,13-16,23H,11-12,17H2,1-6H3/t23-/m1/s1. The van der Waals surface area contributed by atoms with Crippen molar-refractivity contribution in [3.8, 4) is 40.2 Å². The zero-order valence-electron chi connectivity index (χ0n) is 22.5. The molecule has 202 valence electrons. The first-order valence-corrected chi connectivity index (χ1v) is 12.1. The molecule has 0 saturated carbocycles. The highest BCUT2D eigenvalue weighted by molar-refractivity contribution is 5.96. The highest BCUT2D eigenvalue weighted by Gasteiger charge is 2.34. The summed E-state index contributed by atoms with van der Waals surface area (Å²) in [6.45, 7) is 0.708. The van der Waals surface area contributed by atoms with Crippen LogP contribution in [0.15, 0.2) is 48.5 Å². The fourth-order valence-corrected chi connectivity index (χ4v) is 4.67. The van der Waals surface area contributed by atoms with Gasteiger partial charge in [-0.1, -0.05) is 0 Å². The molecule has 0 fully saturated rings. The van der Waals surface area contributed by atoms with Gasteiger partial charge in [0.05, 0.1) is 48.7 Å². The summed E-state index contributed by atoms with van der Waals surface area (Å²) in [5.74, 6) is 3.68. The largest absolute Gasteiger partial charge is 0.497 e. The number of fused-ring (bicyclic) bond motifs is 1. The minimum absolute atomic E-state index is 0.187. The predicted molar refractivity (Wildman–Crippen MR) is 142 cm³/mol. The van der Waals surface area contributed by atoms with Gasteiger partial charge in [0.15, 0.2) is 23.0 Å². The van der Waals surface area contributed by atoms with Gasteiger partial charge in [-0.15, -0.1) is 0 Å². The molecule has 1 heterocycles. The fraction of sp³-hybridized carbons (Fsp3) is 0.345. The van der Waals surface area contributed by atoms with Crippen LogP contribution in [0.25, 0.3) is 0 Å². The summed E-state index contributed by atoms with van der Waals surface area (Å²) in [7, 11) is 9.38. The van der Waals surface area contributed by atoms with Crippen molar-refractivity contribution in [2.75, 3.05) is 55.8 Å². The van der Waals surface area contributed by atoms with E-state index in [1.165, 1.54) is 21.3 Å². The Hall–Kier alpha value is -4.27. The van der Waals surface area contributed by atoms with Gasteiger partial charge in [0.1, 0.15) is 18.1 Å². The summed E-state index contributed by atoms with van der Waals surface area (Å²) in [5, 5.41) is 0. The zero-order chi connectivity index (χ0) is 27.2. The zero-order valence-corrected chi connectivity index (χ0v) is 22.5. The van der Waals surface area contributed by atoms with E-state index in [2.05, 4.69) is 0 Å². The van der Waals surface area contributed by atoms with Crippen LogP contribution in [0.5, 0.6) is 40.2 Å². The number of benzene rings is 3. The third kappa shape index (κ3) is 5.22. The number of rotatable bonds is 10. The molecular weight excluding hydrogens is 490 g/mol. The number of hydrogen-bond acceptors (Lipinski definition) is 8. The lowest BCUT2D eigenvalue weighted by molar-refractivity contribution is 0.0588. The van der Waals surface area contributed by atoms with Crippen molar-refractivity contribution >= 4 is 5.91 Å². The van der Waals surface area contributed by atoms with Crippen molar-refractivity contribution in [3.63, 3.8) is 0 Å². The van der Waals surface area contributed by atoms with E-state index in [0.717, 1.165) is 16.9 Å². The van der Waals surface area contributed by atoms with Crippen molar-refractivity contribution < 1.29 is 38.0 Å². The highest BCUT2D eigenvalue weighted by Crippen LogP contribution is 2.41. The Labute approximate surface area is 222 Å². The Kier molecular flexibility index (Phi) is 8.35. The van der Waals surface area contributed by atoms with E-state index in [1.807, 2.05) is 36.4 Å². The van der Waals surface area contributed by atoms with Crippen LogP contribution in [0.3, 0.4) is 0 Å². The van der Waals surface area contributed by atoms with Gasteiger partial charge < -0.3 is 38.1 Å². The molecule has 1 aliphatic rings. The Morgan fingerprint density at radius 1 is 0.737 bits per heavy atom. The highest BCUT2D eigenvalue weighted by atomic mass is 16.5. The molecule has 1 aliphatic heterocycles. The molecule has 3 aromatic rings. The minimum Gasteiger partial charge on any atom is -0.497 e. The summed E-state index contributed by atoms with van der Waals surface area (Å²) < 4.78 is 38.9. The molecule has 9 heteroatoms. The second-order valence-electron chi connectivity index (χ2n) is 8.57. The molecule has 0 N–H and O–H groups in total. The number of amides is 1. The SMILES string of the molecule is COc1ccc(OC[C@@H]2c3cc(OC)c(OC)cc3CCN2C(=O)c2cc(OC)c(OC)c(OC)c2)cc1. The number of methoxy groups -OCH3 is 6. The molecule has 0 radical (unpaired) electrons. The van der Waals surface area contributed by atoms with Crippen LogP contribution < -0.4 is 33.2 Å². The lowest BCUT2D eigenvalue weighted by atomic mass is 9.91. The molecule has 0 spiro atoms. The van der Waals surface area contributed by atoms with E-state index in [4.69, 9.17) is 33.2 Å². The summed E-state index contributed by atoms with van der Waals surface area (Å²) in [6, 6.07) is 14.1. The Balaban J connectivity index is 1.73. The molecule has 0 unspecified atom stereocenters. The topological polar surface area (TPSA) is 84.9 Å². The fourth-order valence-electron chi connectivity index (χ4n) is 4.67. The Morgan fingerprint density at radius 3 is 1.87 bits per heavy atom. The average molecular weight is 524 g/mol. The first kappa shape index (κ1) is 26.8. The van der Waals surface area contributed by atoms with Crippen LogP contribution >= 0.6 is 0 Å². The quantitative estimate of drug-likeness (QED) is 0.383. The van der Waals surface area contributed by atoms with E-state index >= 15 is 0 Å². The minimum atomic E-state index is -0.396. The molecule has 0 bridgehead atoms. The van der Waals surface area contributed by atoms with E-state index in [-0.39, 0.29) is 12.5 Å². The maximum atomic E-state index is 14.0. The third-order valence-electron chi connectivity index (χ3n) is 6.64. The number of hydrogen-bond donors (Lipinski definition) is 0. The summed E-state index contributed by atoms with van der Waals surface area (Å²) in [4.78, 5) is 15.8. The summed E-state index contributed by atoms with van der Waals surface area (Å²) in [5.41, 5.74) is 2.42. The van der Waals surface area contributed by atoms with Crippen molar-refractivity contribution in [2.45, 2.75) is 12.5 Å². The Morgan fingerprint density at radius 2 is 1.32 bits per heavy atom. The van der Waals surface area contributed by atoms with Gasteiger partial charge >= 0.3 is 0 Å². The van der Waals surface area contributed by atoms with Crippen LogP contribution in [-0.2, 0) is 6.42 Å². The number of nitrogens with zero attached hydrogens (tertiary/aromatic N) is 1. The van der Waals surface area contributed by atoms with Gasteiger partial charge in [-0.3, -0.25) is 4.79 Å². The summed E-state index contributed by atoms with van der Waals surface area (Å²) >= 11 is 0. The van der Waals surface area contributed by atoms with Gasteiger partial charge in [0.2, 0.25) is 5.75 Å². The maximum Gasteiger partial charge on any atom is 0.254 e. The predicted octanol–water partition coefficient (Wildman–Crippen LogP) is 4.56. The van der Waals surface area contributed by atoms with Gasteiger partial charge in [-0.25, -0.2) is 0 Å². The van der Waals surface area contributed by atoms with Crippen molar-refractivity contribution in [1.29, 1.82) is 0 Å². The van der Waals surface area contributed by atoms with E-state index < -0.39 is 6.04 Å². The van der Waals surface area contributed by atoms with Gasteiger partial charge in [0, 0.05) is 12.1 Å². The van der Waals surface area contributed by atoms with E-state index in [9.17, 15) is 4.79 Å². The van der Waals surface area contributed by atoms with Gasteiger partial charge in [-0.2, -0.15) is 0 Å². The number of carbonyl (C=O) groups excluding carboxylic acids is 1. The van der Waals surface area contributed by atoms with Crippen molar-refractivity contribution in [2.24, 2.45) is 0 Å². The number of ether oxygens (including phenoxy) is 7. The van der Waals surface area contributed by atoms with Crippen LogP contribution in [-0.4, -0.2) is 66.6 Å². The second kappa shape index (κ2) is 11.9. The van der Waals surface area contributed by atoms with Crippen LogP contribution in [0.2, 0.25) is 0 Å². The molecule has 9 nitrogen and oxygen atoms in total. The maximum absolute atomic E-state index is 14.0. The van der Waals surface area contributed by atoms with Crippen LogP contribution in [0.1, 0.15) is 27.5 Å². The average Bonchev–Trinajstić information content (AvgIpc) is 2.97. The Bertz CT molecular complexity index is 1250. The smallest absolute Gasteiger partial charge is 0.254 e. The van der Waals surface area contributed by atoms with E-state index in [0.29, 0.717) is 53.0 Å². The second-order valence-corrected chi connectivity index (χ2v) is 8.57. The molecule has 38 heavy (non-hydrogen) atoms.